The van der Waals surface area contributed by atoms with Crippen LogP contribution in [0.25, 0.3) is 16.7 Å². The molecule has 5 rings (SSSR count). The van der Waals surface area contributed by atoms with E-state index in [-0.39, 0.29) is 24.2 Å². The molecule has 210 valence electrons. The normalized spacial score (nSPS) is 14.8. The minimum absolute atomic E-state index is 0.0262. The van der Waals surface area contributed by atoms with Crippen molar-refractivity contribution >= 4 is 34.4 Å². The van der Waals surface area contributed by atoms with Gasteiger partial charge in [0.2, 0.25) is 0 Å². The number of anilines is 1. The Balaban J connectivity index is 1.42. The van der Waals surface area contributed by atoms with Gasteiger partial charge in [0.1, 0.15) is 23.2 Å². The molecule has 0 N–H and O–H groups in total. The fourth-order valence-corrected chi connectivity index (χ4v) is 5.22. The largest absolute Gasteiger partial charge is 0.484 e. The average Bonchev–Trinajstić information content (AvgIpc) is 3.11. The van der Waals surface area contributed by atoms with Crippen LogP contribution in [0.5, 0.6) is 5.75 Å². The maximum Gasteiger partial charge on any atom is 0.260 e. The highest BCUT2D eigenvalue weighted by molar-refractivity contribution is 6.30. The van der Waals surface area contributed by atoms with Crippen LogP contribution in [-0.2, 0) is 4.79 Å². The van der Waals surface area contributed by atoms with E-state index in [9.17, 15) is 9.18 Å². The Bertz CT molecular complexity index is 1470. The van der Waals surface area contributed by atoms with Crippen LogP contribution >= 0.6 is 11.6 Å². The number of benzene rings is 2. The predicted octanol–water partition coefficient (Wildman–Crippen LogP) is 5.94. The van der Waals surface area contributed by atoms with E-state index in [2.05, 4.69) is 18.7 Å². The monoisotopic (exact) mass is 564 g/mol. The molecule has 0 aliphatic carbocycles. The van der Waals surface area contributed by atoms with Crippen molar-refractivity contribution in [2.45, 2.75) is 46.0 Å². The molecule has 1 aliphatic rings. The average molecular weight is 565 g/mol. The molecule has 8 nitrogen and oxygen atoms in total. The number of aromatic nitrogens is 4. The van der Waals surface area contributed by atoms with Crippen LogP contribution in [0.4, 0.5) is 10.2 Å². The first-order chi connectivity index (χ1) is 19.3. The van der Waals surface area contributed by atoms with E-state index < -0.39 is 0 Å². The quantitative estimate of drug-likeness (QED) is 0.264. The Kier molecular flexibility index (Phi) is 8.49. The van der Waals surface area contributed by atoms with E-state index in [0.717, 1.165) is 54.2 Å². The van der Waals surface area contributed by atoms with Crippen molar-refractivity contribution < 1.29 is 13.9 Å². The van der Waals surface area contributed by atoms with Crippen molar-refractivity contribution in [3.8, 4) is 11.4 Å². The summed E-state index contributed by atoms with van der Waals surface area (Å²) in [5.41, 5.74) is 2.25. The highest BCUT2D eigenvalue weighted by atomic mass is 35.5. The summed E-state index contributed by atoms with van der Waals surface area (Å²) >= 11 is 5.94. The second-order valence-corrected chi connectivity index (χ2v) is 10.7. The molecule has 1 fully saturated rings. The van der Waals surface area contributed by atoms with Gasteiger partial charge in [0.05, 0.1) is 16.8 Å². The Morgan fingerprint density at radius 3 is 2.52 bits per heavy atom. The van der Waals surface area contributed by atoms with Crippen LogP contribution in [0.1, 0.15) is 50.5 Å². The van der Waals surface area contributed by atoms with Crippen molar-refractivity contribution in [2.75, 3.05) is 37.7 Å². The zero-order valence-corrected chi connectivity index (χ0v) is 23.9. The van der Waals surface area contributed by atoms with Gasteiger partial charge < -0.3 is 14.5 Å². The Hall–Kier alpha value is -3.72. The number of fused-ring (bicyclic) bond motifs is 1. The molecular formula is C30H34ClFN6O2. The molecule has 1 atom stereocenters. The molecule has 1 amide bonds. The molecule has 2 aromatic heterocycles. The van der Waals surface area contributed by atoms with Gasteiger partial charge in [0.25, 0.3) is 5.91 Å². The lowest BCUT2D eigenvalue weighted by molar-refractivity contribution is -0.133. The summed E-state index contributed by atoms with van der Waals surface area (Å²) in [4.78, 5) is 27.1. The molecule has 4 aromatic rings. The van der Waals surface area contributed by atoms with Gasteiger partial charge in [-0.3, -0.25) is 4.79 Å². The number of hydrogen-bond acceptors (Lipinski definition) is 6. The maximum atomic E-state index is 13.7. The molecule has 1 unspecified atom stereocenters. The zero-order chi connectivity index (χ0) is 28.2. The zero-order valence-electron chi connectivity index (χ0n) is 23.1. The summed E-state index contributed by atoms with van der Waals surface area (Å²) in [6.07, 6.45) is 2.78. The molecule has 0 saturated carbocycles. The van der Waals surface area contributed by atoms with Crippen molar-refractivity contribution in [2.24, 2.45) is 0 Å². The second-order valence-electron chi connectivity index (χ2n) is 10.2. The van der Waals surface area contributed by atoms with Crippen molar-refractivity contribution in [3.05, 3.63) is 70.9 Å². The fraction of sp³-hybridized carbons (Fsp3) is 0.400. The van der Waals surface area contributed by atoms with Gasteiger partial charge >= 0.3 is 0 Å². The van der Waals surface area contributed by atoms with Crippen molar-refractivity contribution in [1.82, 2.24) is 24.6 Å². The van der Waals surface area contributed by atoms with Gasteiger partial charge in [-0.25, -0.2) is 19.0 Å². The molecule has 2 aromatic carbocycles. The first-order valence-electron chi connectivity index (χ1n) is 13.8. The molecule has 1 aliphatic heterocycles. The first-order valence-corrected chi connectivity index (χ1v) is 14.2. The summed E-state index contributed by atoms with van der Waals surface area (Å²) in [7, 11) is 0. The van der Waals surface area contributed by atoms with Crippen LogP contribution in [0.15, 0.2) is 48.5 Å². The van der Waals surface area contributed by atoms with E-state index in [1.807, 2.05) is 11.8 Å². The first kappa shape index (κ1) is 27.8. The molecule has 0 spiro atoms. The van der Waals surface area contributed by atoms with E-state index >= 15 is 0 Å². The number of halogens is 2. The minimum atomic E-state index is -0.299. The van der Waals surface area contributed by atoms with Gasteiger partial charge in [0, 0.05) is 37.1 Å². The van der Waals surface area contributed by atoms with Crippen molar-refractivity contribution in [3.63, 3.8) is 0 Å². The Labute approximate surface area is 238 Å². The third-order valence-corrected chi connectivity index (χ3v) is 7.51. The van der Waals surface area contributed by atoms with Crippen LogP contribution in [-0.4, -0.2) is 63.3 Å². The van der Waals surface area contributed by atoms with Gasteiger partial charge in [-0.1, -0.05) is 31.9 Å². The smallest absolute Gasteiger partial charge is 0.260 e. The van der Waals surface area contributed by atoms with Gasteiger partial charge in [0.15, 0.2) is 12.3 Å². The lowest BCUT2D eigenvalue weighted by Crippen LogP contribution is -2.38. The van der Waals surface area contributed by atoms with Crippen molar-refractivity contribution in [1.29, 1.82) is 0 Å². The highest BCUT2D eigenvalue weighted by Crippen LogP contribution is 2.32. The third kappa shape index (κ3) is 6.04. The topological polar surface area (TPSA) is 76.4 Å². The number of nitrogens with zero attached hydrogens (tertiary/aromatic N) is 6. The molecule has 0 radical (unpaired) electrons. The lowest BCUT2D eigenvalue weighted by Gasteiger charge is -2.24. The molecule has 10 heteroatoms. The third-order valence-electron chi connectivity index (χ3n) is 7.26. The number of carbonyl (C=O) groups is 1. The number of aryl methyl sites for hydroxylation is 1. The van der Waals surface area contributed by atoms with E-state index in [1.54, 1.807) is 41.1 Å². The SMILES string of the molecule is CCCC(C)c1nc(N2CCCN(C(=O)COc3ccc(Cl)cc3)CC2)c2c(C)nn(-c3ccc(F)cc3)c2n1. The van der Waals surface area contributed by atoms with Crippen LogP contribution in [0, 0.1) is 12.7 Å². The van der Waals surface area contributed by atoms with E-state index in [4.69, 9.17) is 31.4 Å². The van der Waals surface area contributed by atoms with Gasteiger partial charge in [-0.2, -0.15) is 5.10 Å². The number of amides is 1. The molecule has 3 heterocycles. The molecule has 1 saturated heterocycles. The second kappa shape index (κ2) is 12.2. The minimum Gasteiger partial charge on any atom is -0.484 e. The van der Waals surface area contributed by atoms with E-state index in [1.165, 1.54) is 12.1 Å². The Morgan fingerprint density at radius 2 is 1.80 bits per heavy atom. The molecule has 0 bridgehead atoms. The summed E-state index contributed by atoms with van der Waals surface area (Å²) in [6, 6.07) is 13.3. The summed E-state index contributed by atoms with van der Waals surface area (Å²) < 4.78 is 21.1. The van der Waals surface area contributed by atoms with Crippen LogP contribution in [0.2, 0.25) is 5.02 Å². The molecule has 40 heavy (non-hydrogen) atoms. The number of carbonyl (C=O) groups excluding carboxylic acids is 1. The molecular weight excluding hydrogens is 531 g/mol. The standard InChI is InChI=1S/C30H34ClFN6O2/c1-4-6-20(2)28-33-29(27-21(3)35-38(30(27)34-28)24-11-9-23(32)10-12-24)37-16-5-15-36(17-18-37)26(39)19-40-25-13-7-22(31)8-14-25/h7-14,20H,4-6,15-19H2,1-3H3. The summed E-state index contributed by atoms with van der Waals surface area (Å²) in [6.45, 7) is 8.79. The van der Waals surface area contributed by atoms with Crippen LogP contribution in [0.3, 0.4) is 0 Å². The Morgan fingerprint density at radius 1 is 1.05 bits per heavy atom. The van der Waals surface area contributed by atoms with E-state index in [0.29, 0.717) is 36.1 Å². The number of rotatable bonds is 8. The summed E-state index contributed by atoms with van der Waals surface area (Å²) in [5, 5.41) is 6.29. The predicted molar refractivity (Wildman–Crippen MR) is 155 cm³/mol. The fourth-order valence-electron chi connectivity index (χ4n) is 5.10. The summed E-state index contributed by atoms with van der Waals surface area (Å²) in [5.74, 6) is 2.02. The number of hydrogen-bond donors (Lipinski definition) is 0. The number of ether oxygens (including phenoxy) is 1. The maximum absolute atomic E-state index is 13.7. The lowest BCUT2D eigenvalue weighted by atomic mass is 10.1. The van der Waals surface area contributed by atoms with Gasteiger partial charge in [-0.05, 0) is 68.3 Å². The van der Waals surface area contributed by atoms with Gasteiger partial charge in [-0.15, -0.1) is 0 Å². The van der Waals surface area contributed by atoms with Crippen LogP contribution < -0.4 is 9.64 Å². The highest BCUT2D eigenvalue weighted by Gasteiger charge is 2.26.